The summed E-state index contributed by atoms with van der Waals surface area (Å²) in [5, 5.41) is 16.7. The van der Waals surface area contributed by atoms with Crippen LogP contribution in [0.15, 0.2) is 53.5 Å². The molecular weight excluding hydrogens is 552 g/mol. The van der Waals surface area contributed by atoms with Crippen molar-refractivity contribution in [1.29, 1.82) is 0 Å². The summed E-state index contributed by atoms with van der Waals surface area (Å²) in [6.45, 7) is 11.1. The predicted octanol–water partition coefficient (Wildman–Crippen LogP) is 3.54. The lowest BCUT2D eigenvalue weighted by molar-refractivity contribution is -0.139. The van der Waals surface area contributed by atoms with Crippen molar-refractivity contribution in [2.45, 2.75) is 66.3 Å². The number of nitrogens with two attached hydrogens (primary N) is 2. The Hall–Kier alpha value is -4.61. The molecule has 0 unspecified atom stereocenters. The molecule has 0 aliphatic rings. The molecule has 0 heterocycles. The van der Waals surface area contributed by atoms with Crippen LogP contribution in [0, 0.1) is 10.8 Å². The molecule has 0 fully saturated rings. The summed E-state index contributed by atoms with van der Waals surface area (Å²) in [6, 6.07) is 11.4. The third-order valence-electron chi connectivity index (χ3n) is 7.17. The van der Waals surface area contributed by atoms with Crippen LogP contribution in [0.5, 0.6) is 5.75 Å². The molecule has 12 nitrogen and oxygen atoms in total. The van der Waals surface area contributed by atoms with E-state index in [2.05, 4.69) is 55.6 Å². The third-order valence-corrected chi connectivity index (χ3v) is 7.17. The van der Waals surface area contributed by atoms with E-state index in [0.717, 1.165) is 19.3 Å². The van der Waals surface area contributed by atoms with E-state index in [1.807, 2.05) is 0 Å². The number of nitrogens with zero attached hydrogens (tertiary/aromatic N) is 1. The number of benzene rings is 2. The number of amides is 3. The number of aliphatic imine (C=N–C) groups is 1. The van der Waals surface area contributed by atoms with E-state index in [-0.39, 0.29) is 22.4 Å². The first-order chi connectivity index (χ1) is 20.1. The number of anilines is 1. The summed E-state index contributed by atoms with van der Waals surface area (Å²) >= 11 is 0. The minimum atomic E-state index is -1.38. The van der Waals surface area contributed by atoms with E-state index in [9.17, 15) is 24.3 Å². The van der Waals surface area contributed by atoms with Crippen molar-refractivity contribution in [3.8, 4) is 5.75 Å². The van der Waals surface area contributed by atoms with Gasteiger partial charge in [0, 0.05) is 11.3 Å². The van der Waals surface area contributed by atoms with Gasteiger partial charge in [0.15, 0.2) is 5.96 Å². The Morgan fingerprint density at radius 1 is 1.00 bits per heavy atom. The lowest BCUT2D eigenvalue weighted by atomic mass is 9.71. The smallest absolute Gasteiger partial charge is 0.305 e. The molecule has 2 aromatic carbocycles. The highest BCUT2D eigenvalue weighted by molar-refractivity contribution is 6.00. The van der Waals surface area contributed by atoms with E-state index in [4.69, 9.17) is 16.2 Å². The fourth-order valence-corrected chi connectivity index (χ4v) is 4.61. The number of carboxylic acid groups (broad SMARTS) is 1. The van der Waals surface area contributed by atoms with Crippen molar-refractivity contribution < 1.29 is 29.0 Å². The standard InChI is InChI=1S/C31H44N6O6/c1-6-31(5,7-2)18-30(3,4)19-43-23-13-11-21(12-14-23)35-28(42)24(16-26(39)40)37-25(38)17-34-27(41)20-9-8-10-22(15-20)36-29(32)33/h8-15,24H,6-7,16-19H2,1-5H3,(H,34,41)(H,35,42)(H,37,38)(H,39,40)(H4,32,33,36)/t24-/m0/s1. The Bertz CT molecular complexity index is 1300. The van der Waals surface area contributed by atoms with Gasteiger partial charge in [-0.05, 0) is 59.7 Å². The van der Waals surface area contributed by atoms with Crippen molar-refractivity contribution >= 4 is 41.0 Å². The van der Waals surface area contributed by atoms with Crippen LogP contribution in [-0.4, -0.2) is 54.0 Å². The first-order valence-corrected chi connectivity index (χ1v) is 14.2. The number of nitrogens with one attached hydrogen (secondary N) is 3. The summed E-state index contributed by atoms with van der Waals surface area (Å²) in [5.41, 5.74) is 11.9. The number of hydrogen-bond acceptors (Lipinski definition) is 6. The van der Waals surface area contributed by atoms with E-state index in [0.29, 0.717) is 23.7 Å². The average molecular weight is 597 g/mol. The van der Waals surface area contributed by atoms with E-state index < -0.39 is 42.7 Å². The maximum absolute atomic E-state index is 12.9. The first kappa shape index (κ1) is 34.6. The van der Waals surface area contributed by atoms with Crippen molar-refractivity contribution in [2.24, 2.45) is 27.3 Å². The molecule has 0 aromatic heterocycles. The zero-order valence-electron chi connectivity index (χ0n) is 25.5. The number of carbonyl (C=O) groups excluding carboxylic acids is 3. The summed E-state index contributed by atoms with van der Waals surface area (Å²) in [6.07, 6.45) is 2.55. The van der Waals surface area contributed by atoms with Gasteiger partial charge in [0.1, 0.15) is 11.8 Å². The molecule has 1 atom stereocenters. The second-order valence-corrected chi connectivity index (χ2v) is 11.6. The maximum atomic E-state index is 12.9. The summed E-state index contributed by atoms with van der Waals surface area (Å²) in [5.74, 6) is -2.88. The Morgan fingerprint density at radius 2 is 1.65 bits per heavy atom. The van der Waals surface area contributed by atoms with Gasteiger partial charge < -0.3 is 37.3 Å². The monoisotopic (exact) mass is 596 g/mol. The molecule has 0 saturated carbocycles. The van der Waals surface area contributed by atoms with Crippen LogP contribution in [-0.2, 0) is 14.4 Å². The van der Waals surface area contributed by atoms with Crippen molar-refractivity contribution in [3.63, 3.8) is 0 Å². The lowest BCUT2D eigenvalue weighted by Gasteiger charge is -2.36. The average Bonchev–Trinajstić information content (AvgIpc) is 2.94. The van der Waals surface area contributed by atoms with Crippen molar-refractivity contribution in [2.75, 3.05) is 18.5 Å². The van der Waals surface area contributed by atoms with Gasteiger partial charge in [-0.25, -0.2) is 4.99 Å². The normalized spacial score (nSPS) is 12.0. The molecule has 0 saturated heterocycles. The second kappa shape index (κ2) is 15.6. The van der Waals surface area contributed by atoms with Crippen LogP contribution in [0.1, 0.15) is 70.7 Å². The molecular formula is C31H44N6O6. The van der Waals surface area contributed by atoms with Gasteiger partial charge in [-0.15, -0.1) is 0 Å². The summed E-state index contributed by atoms with van der Waals surface area (Å²) in [7, 11) is 0. The molecule has 0 radical (unpaired) electrons. The van der Waals surface area contributed by atoms with E-state index in [1.54, 1.807) is 36.4 Å². The van der Waals surface area contributed by atoms with Gasteiger partial charge in [0.2, 0.25) is 11.8 Å². The molecule has 3 amide bonds. The number of hydrogen-bond donors (Lipinski definition) is 6. The van der Waals surface area contributed by atoms with Crippen LogP contribution < -0.4 is 32.2 Å². The lowest BCUT2D eigenvalue weighted by Crippen LogP contribution is -2.48. The van der Waals surface area contributed by atoms with Crippen LogP contribution in [0.4, 0.5) is 11.4 Å². The Labute approximate surface area is 252 Å². The zero-order chi connectivity index (χ0) is 32.2. The highest BCUT2D eigenvalue weighted by Crippen LogP contribution is 2.39. The molecule has 0 bridgehead atoms. The predicted molar refractivity (Wildman–Crippen MR) is 166 cm³/mol. The number of ether oxygens (including phenoxy) is 1. The third kappa shape index (κ3) is 12.0. The topological polar surface area (TPSA) is 198 Å². The number of carboxylic acids is 1. The Balaban J connectivity index is 1.95. The van der Waals surface area contributed by atoms with Gasteiger partial charge in [0.05, 0.1) is 25.3 Å². The minimum Gasteiger partial charge on any atom is -0.493 e. The van der Waals surface area contributed by atoms with E-state index >= 15 is 0 Å². The van der Waals surface area contributed by atoms with Gasteiger partial charge in [-0.2, -0.15) is 0 Å². The van der Waals surface area contributed by atoms with Gasteiger partial charge in [-0.3, -0.25) is 19.2 Å². The molecule has 0 aliphatic heterocycles. The fraction of sp³-hybridized carbons (Fsp3) is 0.452. The zero-order valence-corrected chi connectivity index (χ0v) is 25.5. The van der Waals surface area contributed by atoms with Gasteiger partial charge >= 0.3 is 5.97 Å². The Kier molecular flexibility index (Phi) is 12.5. The molecule has 0 spiro atoms. The van der Waals surface area contributed by atoms with Crippen LogP contribution in [0.25, 0.3) is 0 Å². The SMILES string of the molecule is CCC(C)(CC)CC(C)(C)COc1ccc(NC(=O)[C@H](CC(=O)O)NC(=O)CNC(=O)c2cccc(N=C(N)N)c2)cc1. The van der Waals surface area contributed by atoms with Crippen LogP contribution >= 0.6 is 0 Å². The number of carbonyl (C=O) groups is 4. The van der Waals surface area contributed by atoms with Crippen molar-refractivity contribution in [3.05, 3.63) is 54.1 Å². The van der Waals surface area contributed by atoms with E-state index in [1.165, 1.54) is 12.1 Å². The highest BCUT2D eigenvalue weighted by atomic mass is 16.5. The summed E-state index contributed by atoms with van der Waals surface area (Å²) < 4.78 is 6.02. The number of guanidine groups is 1. The Morgan fingerprint density at radius 3 is 2.23 bits per heavy atom. The van der Waals surface area contributed by atoms with Crippen LogP contribution in [0.3, 0.4) is 0 Å². The molecule has 2 aromatic rings. The summed E-state index contributed by atoms with van der Waals surface area (Å²) in [4.78, 5) is 53.1. The maximum Gasteiger partial charge on any atom is 0.305 e. The first-order valence-electron chi connectivity index (χ1n) is 14.2. The quantitative estimate of drug-likeness (QED) is 0.125. The molecule has 2 rings (SSSR count). The molecule has 0 aliphatic carbocycles. The molecule has 12 heteroatoms. The van der Waals surface area contributed by atoms with Crippen LogP contribution in [0.2, 0.25) is 0 Å². The van der Waals surface area contributed by atoms with Gasteiger partial charge in [-0.1, -0.05) is 53.5 Å². The number of rotatable bonds is 16. The molecule has 8 N–H and O–H groups in total. The fourth-order valence-electron chi connectivity index (χ4n) is 4.61. The number of aliphatic carboxylic acids is 1. The minimum absolute atomic E-state index is 0.0347. The second-order valence-electron chi connectivity index (χ2n) is 11.6. The van der Waals surface area contributed by atoms with Gasteiger partial charge in [0.25, 0.3) is 5.91 Å². The molecule has 43 heavy (non-hydrogen) atoms. The molecule has 234 valence electrons. The largest absolute Gasteiger partial charge is 0.493 e. The van der Waals surface area contributed by atoms with Crippen molar-refractivity contribution in [1.82, 2.24) is 10.6 Å². The highest BCUT2D eigenvalue weighted by Gasteiger charge is 2.30.